The summed E-state index contributed by atoms with van der Waals surface area (Å²) in [6.07, 6.45) is 1.65. The standard InChI is InChI=1S/C12H11ClN2O3/c1-7-4-5-14-12-9(18-6-10(16)15-17)3-2-8(13)11(7)12/h2-5,17H,6H2,1H3,(H,15,16). The molecule has 0 aliphatic heterocycles. The Hall–Kier alpha value is -1.85. The lowest BCUT2D eigenvalue weighted by atomic mass is 10.1. The van der Waals surface area contributed by atoms with Gasteiger partial charge in [0.05, 0.1) is 5.02 Å². The monoisotopic (exact) mass is 266 g/mol. The predicted molar refractivity (Wildman–Crippen MR) is 66.9 cm³/mol. The number of aromatic nitrogens is 1. The highest BCUT2D eigenvalue weighted by atomic mass is 35.5. The van der Waals surface area contributed by atoms with Crippen LogP contribution in [0.3, 0.4) is 0 Å². The number of hydrogen-bond donors (Lipinski definition) is 2. The summed E-state index contributed by atoms with van der Waals surface area (Å²) in [5, 5.41) is 9.77. The van der Waals surface area contributed by atoms with E-state index >= 15 is 0 Å². The van der Waals surface area contributed by atoms with Crippen molar-refractivity contribution in [1.29, 1.82) is 0 Å². The van der Waals surface area contributed by atoms with E-state index in [0.717, 1.165) is 10.9 Å². The van der Waals surface area contributed by atoms with Gasteiger partial charge >= 0.3 is 0 Å². The summed E-state index contributed by atoms with van der Waals surface area (Å²) >= 11 is 6.11. The van der Waals surface area contributed by atoms with Crippen LogP contribution in [0.4, 0.5) is 0 Å². The van der Waals surface area contributed by atoms with Crippen LogP contribution in [0.5, 0.6) is 5.75 Å². The van der Waals surface area contributed by atoms with E-state index in [0.29, 0.717) is 16.3 Å². The van der Waals surface area contributed by atoms with Crippen LogP contribution in [-0.4, -0.2) is 22.7 Å². The van der Waals surface area contributed by atoms with Crippen molar-refractivity contribution in [3.8, 4) is 5.75 Å². The van der Waals surface area contributed by atoms with Crippen molar-refractivity contribution in [3.63, 3.8) is 0 Å². The quantitative estimate of drug-likeness (QED) is 0.659. The van der Waals surface area contributed by atoms with Gasteiger partial charge in [-0.15, -0.1) is 0 Å². The number of hydrogen-bond acceptors (Lipinski definition) is 4. The van der Waals surface area contributed by atoms with Gasteiger partial charge in [0.1, 0.15) is 11.3 Å². The number of pyridine rings is 1. The van der Waals surface area contributed by atoms with Gasteiger partial charge in [-0.05, 0) is 30.7 Å². The maximum atomic E-state index is 10.9. The lowest BCUT2D eigenvalue weighted by Crippen LogP contribution is -2.25. The number of carbonyl (C=O) groups excluding carboxylic acids is 1. The number of carbonyl (C=O) groups is 1. The summed E-state index contributed by atoms with van der Waals surface area (Å²) in [5.41, 5.74) is 3.06. The second-order valence-corrected chi connectivity index (χ2v) is 4.13. The number of benzene rings is 1. The van der Waals surface area contributed by atoms with E-state index in [1.165, 1.54) is 5.48 Å². The smallest absolute Gasteiger partial charge is 0.281 e. The molecule has 0 aliphatic rings. The number of halogens is 1. The van der Waals surface area contributed by atoms with Crippen molar-refractivity contribution >= 4 is 28.4 Å². The molecule has 2 N–H and O–H groups in total. The Bertz CT molecular complexity index is 593. The molecule has 2 aromatic rings. The number of rotatable bonds is 3. The molecule has 18 heavy (non-hydrogen) atoms. The molecule has 0 unspecified atom stereocenters. The highest BCUT2D eigenvalue weighted by Crippen LogP contribution is 2.31. The first-order valence-electron chi connectivity index (χ1n) is 5.23. The summed E-state index contributed by atoms with van der Waals surface area (Å²) in [5.74, 6) is -0.188. The Labute approximate surface area is 108 Å². The minimum atomic E-state index is -0.634. The Morgan fingerprint density at radius 3 is 3.00 bits per heavy atom. The van der Waals surface area contributed by atoms with Gasteiger partial charge in [0.25, 0.3) is 5.91 Å². The molecule has 0 saturated heterocycles. The molecule has 0 radical (unpaired) electrons. The zero-order valence-electron chi connectivity index (χ0n) is 9.61. The predicted octanol–water partition coefficient (Wildman–Crippen LogP) is 2.08. The van der Waals surface area contributed by atoms with Crippen LogP contribution < -0.4 is 10.2 Å². The molecule has 5 nitrogen and oxygen atoms in total. The Kier molecular flexibility index (Phi) is 3.64. The van der Waals surface area contributed by atoms with E-state index < -0.39 is 5.91 Å². The normalized spacial score (nSPS) is 10.4. The topological polar surface area (TPSA) is 71.5 Å². The van der Waals surface area contributed by atoms with Gasteiger partial charge in [-0.3, -0.25) is 15.0 Å². The van der Waals surface area contributed by atoms with E-state index in [2.05, 4.69) is 4.98 Å². The molecule has 0 saturated carbocycles. The Balaban J connectivity index is 2.43. The molecule has 0 fully saturated rings. The largest absolute Gasteiger partial charge is 0.481 e. The number of aryl methyl sites for hydroxylation is 1. The summed E-state index contributed by atoms with van der Waals surface area (Å²) in [4.78, 5) is 15.1. The molecule has 6 heteroatoms. The third-order valence-corrected chi connectivity index (χ3v) is 2.81. The SMILES string of the molecule is Cc1ccnc2c(OCC(=O)NO)ccc(Cl)c12. The average Bonchev–Trinajstić information content (AvgIpc) is 2.37. The van der Waals surface area contributed by atoms with Gasteiger partial charge in [-0.1, -0.05) is 11.6 Å². The highest BCUT2D eigenvalue weighted by Gasteiger charge is 2.10. The van der Waals surface area contributed by atoms with Crippen molar-refractivity contribution in [1.82, 2.24) is 10.5 Å². The van der Waals surface area contributed by atoms with Crippen molar-refractivity contribution in [3.05, 3.63) is 35.0 Å². The second-order valence-electron chi connectivity index (χ2n) is 3.72. The average molecular weight is 267 g/mol. The first-order chi connectivity index (χ1) is 8.63. The Morgan fingerprint density at radius 1 is 1.50 bits per heavy atom. The van der Waals surface area contributed by atoms with Crippen LogP contribution in [0.1, 0.15) is 5.56 Å². The van der Waals surface area contributed by atoms with Gasteiger partial charge in [0, 0.05) is 11.6 Å². The molecule has 0 spiro atoms. The summed E-state index contributed by atoms with van der Waals surface area (Å²) < 4.78 is 5.29. The maximum absolute atomic E-state index is 10.9. The van der Waals surface area contributed by atoms with Crippen LogP contribution in [0.15, 0.2) is 24.4 Å². The molecule has 1 amide bonds. The van der Waals surface area contributed by atoms with Crippen molar-refractivity contribution in [2.24, 2.45) is 0 Å². The zero-order valence-corrected chi connectivity index (χ0v) is 10.4. The summed E-state index contributed by atoms with van der Waals surface area (Å²) in [6.45, 7) is 1.63. The first kappa shape index (κ1) is 12.6. The highest BCUT2D eigenvalue weighted by molar-refractivity contribution is 6.35. The van der Waals surface area contributed by atoms with Crippen LogP contribution >= 0.6 is 11.6 Å². The minimum Gasteiger partial charge on any atom is -0.481 e. The molecule has 0 bridgehead atoms. The number of hydroxylamine groups is 1. The fourth-order valence-electron chi connectivity index (χ4n) is 1.65. The van der Waals surface area contributed by atoms with Crippen LogP contribution in [-0.2, 0) is 4.79 Å². The fourth-order valence-corrected chi connectivity index (χ4v) is 1.95. The molecule has 94 valence electrons. The molecule has 1 aromatic carbocycles. The molecule has 2 rings (SSSR count). The van der Waals surface area contributed by atoms with Gasteiger partial charge in [-0.25, -0.2) is 5.48 Å². The van der Waals surface area contributed by atoms with E-state index in [1.54, 1.807) is 18.3 Å². The number of fused-ring (bicyclic) bond motifs is 1. The lowest BCUT2D eigenvalue weighted by Gasteiger charge is -2.10. The first-order valence-corrected chi connectivity index (χ1v) is 5.61. The third kappa shape index (κ3) is 2.37. The zero-order chi connectivity index (χ0) is 13.1. The lowest BCUT2D eigenvalue weighted by molar-refractivity contribution is -0.131. The molecule has 1 aromatic heterocycles. The number of nitrogens with one attached hydrogen (secondary N) is 1. The fraction of sp³-hybridized carbons (Fsp3) is 0.167. The van der Waals surface area contributed by atoms with E-state index in [1.807, 2.05) is 13.0 Å². The van der Waals surface area contributed by atoms with Crippen LogP contribution in [0.25, 0.3) is 10.9 Å². The van der Waals surface area contributed by atoms with Crippen molar-refractivity contribution in [2.45, 2.75) is 6.92 Å². The number of ether oxygens (including phenoxy) is 1. The van der Waals surface area contributed by atoms with E-state index in [4.69, 9.17) is 21.5 Å². The summed E-state index contributed by atoms with van der Waals surface area (Å²) in [7, 11) is 0. The third-order valence-electron chi connectivity index (χ3n) is 2.50. The molecule has 0 aliphatic carbocycles. The molecular formula is C12H11ClN2O3. The molecule has 1 heterocycles. The molecular weight excluding hydrogens is 256 g/mol. The maximum Gasteiger partial charge on any atom is 0.281 e. The van der Waals surface area contributed by atoms with Gasteiger partial charge in [0.15, 0.2) is 6.61 Å². The van der Waals surface area contributed by atoms with Crippen LogP contribution in [0, 0.1) is 6.92 Å². The Morgan fingerprint density at radius 2 is 2.28 bits per heavy atom. The van der Waals surface area contributed by atoms with Crippen LogP contribution in [0.2, 0.25) is 5.02 Å². The minimum absolute atomic E-state index is 0.289. The second kappa shape index (κ2) is 5.20. The van der Waals surface area contributed by atoms with E-state index in [-0.39, 0.29) is 6.61 Å². The summed E-state index contributed by atoms with van der Waals surface area (Å²) in [6, 6.07) is 5.17. The van der Waals surface area contributed by atoms with Crippen molar-refractivity contribution < 1.29 is 14.7 Å². The van der Waals surface area contributed by atoms with Gasteiger partial charge in [0.2, 0.25) is 0 Å². The number of nitrogens with zero attached hydrogens (tertiary/aromatic N) is 1. The number of amides is 1. The van der Waals surface area contributed by atoms with Gasteiger partial charge < -0.3 is 4.74 Å². The molecule has 0 atom stereocenters. The van der Waals surface area contributed by atoms with Gasteiger partial charge in [-0.2, -0.15) is 0 Å². The van der Waals surface area contributed by atoms with Crippen molar-refractivity contribution in [2.75, 3.05) is 6.61 Å². The van der Waals surface area contributed by atoms with E-state index in [9.17, 15) is 4.79 Å².